The minimum Gasteiger partial charge on any atom is -0.504 e. The summed E-state index contributed by atoms with van der Waals surface area (Å²) in [4.78, 5) is 4.44. The molecule has 0 unspecified atom stereocenters. The van der Waals surface area contributed by atoms with Gasteiger partial charge in [0.1, 0.15) is 0 Å². The molecule has 5 heteroatoms. The highest BCUT2D eigenvalue weighted by Gasteiger charge is 2.07. The maximum Gasteiger partial charge on any atom is 0.191 e. The number of hydrogen-bond acceptors (Lipinski definition) is 3. The Kier molecular flexibility index (Phi) is 5.99. The standard InChI is InChI=1S/C14H23N3O2/c1-5-15-14(17-10(2)3)16-9-11-7-6-8-12(19-4)13(11)18/h6-8,10,18H,5,9H2,1-4H3,(H2,15,16,17). The molecule has 1 aromatic rings. The van der Waals surface area contributed by atoms with Crippen molar-refractivity contribution in [3.8, 4) is 11.5 Å². The summed E-state index contributed by atoms with van der Waals surface area (Å²) >= 11 is 0. The number of phenols is 1. The van der Waals surface area contributed by atoms with Crippen LogP contribution in [-0.2, 0) is 6.54 Å². The molecule has 3 N–H and O–H groups in total. The van der Waals surface area contributed by atoms with Gasteiger partial charge in [0.05, 0.1) is 13.7 Å². The van der Waals surface area contributed by atoms with Crippen LogP contribution in [0, 0.1) is 0 Å². The number of aromatic hydroxyl groups is 1. The molecule has 0 saturated carbocycles. The highest BCUT2D eigenvalue weighted by molar-refractivity contribution is 5.80. The topological polar surface area (TPSA) is 65.9 Å². The molecule has 0 aliphatic heterocycles. The lowest BCUT2D eigenvalue weighted by molar-refractivity contribution is 0.370. The van der Waals surface area contributed by atoms with Gasteiger partial charge in [-0.3, -0.25) is 0 Å². The first-order valence-corrected chi connectivity index (χ1v) is 6.48. The van der Waals surface area contributed by atoms with E-state index in [-0.39, 0.29) is 5.75 Å². The maximum absolute atomic E-state index is 9.98. The van der Waals surface area contributed by atoms with Crippen LogP contribution in [0.1, 0.15) is 26.3 Å². The molecule has 0 heterocycles. The van der Waals surface area contributed by atoms with Crippen molar-refractivity contribution in [2.24, 2.45) is 4.99 Å². The summed E-state index contributed by atoms with van der Waals surface area (Å²) in [6, 6.07) is 5.70. The van der Waals surface area contributed by atoms with Crippen LogP contribution in [0.5, 0.6) is 11.5 Å². The van der Waals surface area contributed by atoms with Crippen LogP contribution < -0.4 is 15.4 Å². The molecule has 0 spiro atoms. The van der Waals surface area contributed by atoms with E-state index in [0.717, 1.165) is 18.1 Å². The molecule has 1 aromatic carbocycles. The number of rotatable bonds is 5. The molecule has 0 bridgehead atoms. The number of nitrogens with one attached hydrogen (secondary N) is 2. The summed E-state index contributed by atoms with van der Waals surface area (Å²) in [6.45, 7) is 7.31. The fraction of sp³-hybridized carbons (Fsp3) is 0.500. The number of nitrogens with zero attached hydrogens (tertiary/aromatic N) is 1. The molecule has 1 rings (SSSR count). The largest absolute Gasteiger partial charge is 0.504 e. The van der Waals surface area contributed by atoms with Gasteiger partial charge in [-0.15, -0.1) is 0 Å². The summed E-state index contributed by atoms with van der Waals surface area (Å²) < 4.78 is 5.07. The number of guanidine groups is 1. The van der Waals surface area contributed by atoms with Gasteiger partial charge in [0.25, 0.3) is 0 Å². The predicted molar refractivity (Wildman–Crippen MR) is 77.7 cm³/mol. The zero-order chi connectivity index (χ0) is 14.3. The molecule has 0 radical (unpaired) electrons. The highest BCUT2D eigenvalue weighted by atomic mass is 16.5. The van der Waals surface area contributed by atoms with Crippen molar-refractivity contribution in [1.82, 2.24) is 10.6 Å². The van der Waals surface area contributed by atoms with E-state index in [4.69, 9.17) is 4.74 Å². The van der Waals surface area contributed by atoms with E-state index >= 15 is 0 Å². The first-order valence-electron chi connectivity index (χ1n) is 6.48. The summed E-state index contributed by atoms with van der Waals surface area (Å²) in [5.41, 5.74) is 0.736. The Morgan fingerprint density at radius 1 is 1.42 bits per heavy atom. The number of phenolic OH excluding ortho intramolecular Hbond substituents is 1. The van der Waals surface area contributed by atoms with Crippen LogP contribution >= 0.6 is 0 Å². The molecule has 0 aliphatic carbocycles. The lowest BCUT2D eigenvalue weighted by atomic mass is 10.2. The average Bonchev–Trinajstić information content (AvgIpc) is 2.37. The van der Waals surface area contributed by atoms with E-state index in [1.807, 2.05) is 19.1 Å². The van der Waals surface area contributed by atoms with E-state index in [1.165, 1.54) is 7.11 Å². The maximum atomic E-state index is 9.98. The van der Waals surface area contributed by atoms with Crippen molar-refractivity contribution in [3.63, 3.8) is 0 Å². The van der Waals surface area contributed by atoms with Gasteiger partial charge in [0.15, 0.2) is 17.5 Å². The molecular formula is C14H23N3O2. The minimum atomic E-state index is 0.147. The zero-order valence-electron chi connectivity index (χ0n) is 12.0. The number of benzene rings is 1. The zero-order valence-corrected chi connectivity index (χ0v) is 12.0. The molecule has 106 valence electrons. The Balaban J connectivity index is 2.82. The second-order valence-corrected chi connectivity index (χ2v) is 4.46. The highest BCUT2D eigenvalue weighted by Crippen LogP contribution is 2.29. The van der Waals surface area contributed by atoms with Gasteiger partial charge in [0.2, 0.25) is 0 Å². The quantitative estimate of drug-likeness (QED) is 0.561. The Morgan fingerprint density at radius 3 is 2.74 bits per heavy atom. The Labute approximate surface area is 114 Å². The normalized spacial score (nSPS) is 11.5. The van der Waals surface area contributed by atoms with Gasteiger partial charge in [-0.1, -0.05) is 12.1 Å². The summed E-state index contributed by atoms with van der Waals surface area (Å²) in [5.74, 6) is 1.35. The number of ether oxygens (including phenoxy) is 1. The SMILES string of the molecule is CCNC(=NCc1cccc(OC)c1O)NC(C)C. The monoisotopic (exact) mass is 265 g/mol. The third kappa shape index (κ3) is 4.69. The Bertz CT molecular complexity index is 431. The second kappa shape index (κ2) is 7.51. The first kappa shape index (κ1) is 15.1. The van der Waals surface area contributed by atoms with Gasteiger partial charge < -0.3 is 20.5 Å². The molecule has 19 heavy (non-hydrogen) atoms. The van der Waals surface area contributed by atoms with Gasteiger partial charge >= 0.3 is 0 Å². The number of aliphatic imine (C=N–C) groups is 1. The predicted octanol–water partition coefficient (Wildman–Crippen LogP) is 1.86. The number of hydrogen-bond donors (Lipinski definition) is 3. The molecule has 0 aliphatic rings. The van der Waals surface area contributed by atoms with E-state index in [2.05, 4.69) is 29.5 Å². The lowest BCUT2D eigenvalue weighted by Gasteiger charge is -2.14. The molecule has 0 saturated heterocycles. The Morgan fingerprint density at radius 2 is 2.16 bits per heavy atom. The van der Waals surface area contributed by atoms with Crippen LogP contribution in [0.4, 0.5) is 0 Å². The van der Waals surface area contributed by atoms with E-state index in [9.17, 15) is 5.11 Å². The third-order valence-electron chi connectivity index (χ3n) is 2.48. The van der Waals surface area contributed by atoms with Crippen LogP contribution in [-0.4, -0.2) is 30.8 Å². The van der Waals surface area contributed by atoms with Crippen molar-refractivity contribution < 1.29 is 9.84 Å². The summed E-state index contributed by atoms with van der Waals surface area (Å²) in [5, 5.41) is 16.4. The fourth-order valence-electron chi connectivity index (χ4n) is 1.62. The van der Waals surface area contributed by atoms with Crippen LogP contribution in [0.15, 0.2) is 23.2 Å². The van der Waals surface area contributed by atoms with Crippen LogP contribution in [0.3, 0.4) is 0 Å². The molecule has 0 amide bonds. The summed E-state index contributed by atoms with van der Waals surface area (Å²) in [7, 11) is 1.53. The van der Waals surface area contributed by atoms with E-state index in [1.54, 1.807) is 6.07 Å². The second-order valence-electron chi connectivity index (χ2n) is 4.46. The Hall–Kier alpha value is -1.91. The van der Waals surface area contributed by atoms with Gasteiger partial charge in [0, 0.05) is 18.2 Å². The number of para-hydroxylation sites is 1. The summed E-state index contributed by atoms with van der Waals surface area (Å²) in [6.07, 6.45) is 0. The minimum absolute atomic E-state index is 0.147. The van der Waals surface area contributed by atoms with Crippen molar-refractivity contribution in [2.75, 3.05) is 13.7 Å². The third-order valence-corrected chi connectivity index (χ3v) is 2.48. The fourth-order valence-corrected chi connectivity index (χ4v) is 1.62. The van der Waals surface area contributed by atoms with E-state index in [0.29, 0.717) is 18.3 Å². The van der Waals surface area contributed by atoms with Crippen molar-refractivity contribution in [3.05, 3.63) is 23.8 Å². The van der Waals surface area contributed by atoms with Crippen molar-refractivity contribution in [1.29, 1.82) is 0 Å². The molecule has 0 aromatic heterocycles. The van der Waals surface area contributed by atoms with Crippen molar-refractivity contribution >= 4 is 5.96 Å². The van der Waals surface area contributed by atoms with E-state index < -0.39 is 0 Å². The van der Waals surface area contributed by atoms with Crippen LogP contribution in [0.2, 0.25) is 0 Å². The van der Waals surface area contributed by atoms with Crippen molar-refractivity contribution in [2.45, 2.75) is 33.4 Å². The van der Waals surface area contributed by atoms with Gasteiger partial charge in [-0.25, -0.2) is 4.99 Å². The first-order chi connectivity index (χ1) is 9.08. The lowest BCUT2D eigenvalue weighted by Crippen LogP contribution is -2.40. The molecule has 0 atom stereocenters. The number of methoxy groups -OCH3 is 1. The molecule has 5 nitrogen and oxygen atoms in total. The van der Waals surface area contributed by atoms with Crippen LogP contribution in [0.25, 0.3) is 0 Å². The molecule has 0 fully saturated rings. The molecular weight excluding hydrogens is 242 g/mol. The van der Waals surface area contributed by atoms with Gasteiger partial charge in [-0.05, 0) is 26.8 Å². The van der Waals surface area contributed by atoms with Gasteiger partial charge in [-0.2, -0.15) is 0 Å². The average molecular weight is 265 g/mol. The smallest absolute Gasteiger partial charge is 0.191 e.